The van der Waals surface area contributed by atoms with Gasteiger partial charge in [0.2, 0.25) is 0 Å². The van der Waals surface area contributed by atoms with Gasteiger partial charge in [0, 0.05) is 11.6 Å². The first-order chi connectivity index (χ1) is 10.0. The number of esters is 1. The Hall–Kier alpha value is -1.75. The van der Waals surface area contributed by atoms with Crippen LogP contribution >= 0.6 is 11.6 Å². The molecular formula is C15H20ClNO4. The van der Waals surface area contributed by atoms with Crippen LogP contribution in [-0.4, -0.2) is 43.6 Å². The lowest BCUT2D eigenvalue weighted by atomic mass is 10.1. The van der Waals surface area contributed by atoms with E-state index in [4.69, 9.17) is 21.1 Å². The van der Waals surface area contributed by atoms with Crippen molar-refractivity contribution in [3.8, 4) is 5.75 Å². The quantitative estimate of drug-likeness (QED) is 0.726. The highest BCUT2D eigenvalue weighted by molar-refractivity contribution is 6.31. The van der Waals surface area contributed by atoms with Crippen molar-refractivity contribution >= 4 is 23.5 Å². The average molecular weight is 314 g/mol. The van der Waals surface area contributed by atoms with Crippen LogP contribution in [-0.2, 0) is 9.53 Å². The lowest BCUT2D eigenvalue weighted by Crippen LogP contribution is -2.37. The van der Waals surface area contributed by atoms with Crippen molar-refractivity contribution < 1.29 is 19.1 Å². The molecule has 6 heteroatoms. The highest BCUT2D eigenvalue weighted by Gasteiger charge is 2.22. The lowest BCUT2D eigenvalue weighted by Gasteiger charge is -2.22. The molecule has 0 bridgehead atoms. The number of methoxy groups -OCH3 is 1. The topological polar surface area (TPSA) is 55.8 Å². The molecule has 0 saturated carbocycles. The molecule has 1 aromatic rings. The fourth-order valence-corrected chi connectivity index (χ4v) is 2.07. The summed E-state index contributed by atoms with van der Waals surface area (Å²) in [6, 6.07) is 4.81. The van der Waals surface area contributed by atoms with Crippen LogP contribution in [0.1, 0.15) is 30.6 Å². The van der Waals surface area contributed by atoms with Gasteiger partial charge >= 0.3 is 5.97 Å². The van der Waals surface area contributed by atoms with E-state index < -0.39 is 5.97 Å². The van der Waals surface area contributed by atoms with Gasteiger partial charge in [-0.15, -0.1) is 0 Å². The predicted molar refractivity (Wildman–Crippen MR) is 80.8 cm³/mol. The zero-order valence-corrected chi connectivity index (χ0v) is 13.3. The maximum Gasteiger partial charge on any atom is 0.325 e. The van der Waals surface area contributed by atoms with Gasteiger partial charge in [0.05, 0.1) is 19.3 Å². The van der Waals surface area contributed by atoms with Gasteiger partial charge < -0.3 is 14.4 Å². The largest absolute Gasteiger partial charge is 0.496 e. The van der Waals surface area contributed by atoms with Crippen molar-refractivity contribution in [2.24, 2.45) is 0 Å². The summed E-state index contributed by atoms with van der Waals surface area (Å²) in [4.78, 5) is 25.6. The van der Waals surface area contributed by atoms with Crippen LogP contribution in [0.25, 0.3) is 0 Å². The molecule has 0 aliphatic rings. The number of hydrogen-bond donors (Lipinski definition) is 0. The van der Waals surface area contributed by atoms with Gasteiger partial charge in [-0.25, -0.2) is 0 Å². The molecule has 0 unspecified atom stereocenters. The molecular weight excluding hydrogens is 294 g/mol. The average Bonchev–Trinajstić information content (AvgIpc) is 2.46. The van der Waals surface area contributed by atoms with E-state index in [2.05, 4.69) is 0 Å². The standard InChI is InChI=1S/C15H20ClNO4/c1-4-8-17(10-14(18)21-5-2)15(19)12-9-11(16)6-7-13(12)20-3/h6-7,9H,4-5,8,10H2,1-3H3. The van der Waals surface area contributed by atoms with Crippen LogP contribution in [0.4, 0.5) is 0 Å². The van der Waals surface area contributed by atoms with Crippen molar-refractivity contribution in [2.45, 2.75) is 20.3 Å². The second-order valence-electron chi connectivity index (χ2n) is 4.38. The Bertz CT molecular complexity index is 504. The molecule has 0 radical (unpaired) electrons. The molecule has 0 N–H and O–H groups in total. The van der Waals surface area contributed by atoms with E-state index >= 15 is 0 Å². The number of hydrogen-bond acceptors (Lipinski definition) is 4. The molecule has 0 aliphatic carbocycles. The molecule has 1 amide bonds. The Labute approximate surface area is 129 Å². The molecule has 0 aliphatic heterocycles. The summed E-state index contributed by atoms with van der Waals surface area (Å²) in [7, 11) is 1.48. The first-order valence-electron chi connectivity index (χ1n) is 6.81. The molecule has 0 fully saturated rings. The Morgan fingerprint density at radius 1 is 1.29 bits per heavy atom. The molecule has 5 nitrogen and oxygen atoms in total. The molecule has 0 saturated heterocycles. The maximum absolute atomic E-state index is 12.6. The SMILES string of the molecule is CCCN(CC(=O)OCC)C(=O)c1cc(Cl)ccc1OC. The third kappa shape index (κ3) is 4.93. The van der Waals surface area contributed by atoms with Gasteiger partial charge in [0.25, 0.3) is 5.91 Å². The number of halogens is 1. The Morgan fingerprint density at radius 3 is 2.57 bits per heavy atom. The number of rotatable bonds is 7. The van der Waals surface area contributed by atoms with Crippen molar-refractivity contribution in [3.05, 3.63) is 28.8 Å². The summed E-state index contributed by atoms with van der Waals surface area (Å²) in [6.07, 6.45) is 0.730. The van der Waals surface area contributed by atoms with Crippen molar-refractivity contribution in [2.75, 3.05) is 26.8 Å². The minimum absolute atomic E-state index is 0.0871. The minimum Gasteiger partial charge on any atom is -0.496 e. The first-order valence-corrected chi connectivity index (χ1v) is 7.19. The van der Waals surface area contributed by atoms with Crippen LogP contribution in [0.3, 0.4) is 0 Å². The number of carbonyl (C=O) groups is 2. The molecule has 0 aromatic heterocycles. The van der Waals surface area contributed by atoms with Crippen LogP contribution in [0, 0.1) is 0 Å². The molecule has 1 rings (SSSR count). The number of nitrogens with zero attached hydrogens (tertiary/aromatic N) is 1. The maximum atomic E-state index is 12.6. The second kappa shape index (κ2) is 8.52. The smallest absolute Gasteiger partial charge is 0.325 e. The summed E-state index contributed by atoms with van der Waals surface area (Å²) in [6.45, 7) is 4.31. The van der Waals surface area contributed by atoms with E-state index in [1.54, 1.807) is 19.1 Å². The van der Waals surface area contributed by atoms with Gasteiger partial charge in [-0.05, 0) is 31.5 Å². The van der Waals surface area contributed by atoms with Gasteiger partial charge in [-0.3, -0.25) is 9.59 Å². The van der Waals surface area contributed by atoms with Crippen molar-refractivity contribution in [3.63, 3.8) is 0 Å². The van der Waals surface area contributed by atoms with E-state index in [1.807, 2.05) is 6.92 Å². The molecule has 1 aromatic carbocycles. The third-order valence-corrected chi connectivity index (χ3v) is 3.03. The second-order valence-corrected chi connectivity index (χ2v) is 4.81. The normalized spacial score (nSPS) is 10.1. The Morgan fingerprint density at radius 2 is 2.00 bits per heavy atom. The van der Waals surface area contributed by atoms with Crippen molar-refractivity contribution in [1.82, 2.24) is 4.90 Å². The Balaban J connectivity index is 2.99. The third-order valence-electron chi connectivity index (χ3n) is 2.80. The number of ether oxygens (including phenoxy) is 2. The predicted octanol–water partition coefficient (Wildman–Crippen LogP) is 2.76. The summed E-state index contributed by atoms with van der Waals surface area (Å²) in [5.41, 5.74) is 0.336. The van der Waals surface area contributed by atoms with E-state index in [9.17, 15) is 9.59 Å². The summed E-state index contributed by atoms with van der Waals surface area (Å²) < 4.78 is 10.1. The number of amides is 1. The highest BCUT2D eigenvalue weighted by atomic mass is 35.5. The molecule has 0 spiro atoms. The van der Waals surface area contributed by atoms with Crippen LogP contribution < -0.4 is 4.74 Å². The fourth-order valence-electron chi connectivity index (χ4n) is 1.90. The first kappa shape index (κ1) is 17.3. The van der Waals surface area contributed by atoms with E-state index in [-0.39, 0.29) is 19.1 Å². The van der Waals surface area contributed by atoms with Crippen LogP contribution in [0.5, 0.6) is 5.75 Å². The van der Waals surface area contributed by atoms with E-state index in [0.717, 1.165) is 6.42 Å². The summed E-state index contributed by atoms with van der Waals surface area (Å²) in [5, 5.41) is 0.437. The molecule has 116 valence electrons. The summed E-state index contributed by atoms with van der Waals surface area (Å²) in [5.74, 6) is -0.307. The Kier molecular flexibility index (Phi) is 7.02. The lowest BCUT2D eigenvalue weighted by molar-refractivity contribution is -0.143. The highest BCUT2D eigenvalue weighted by Crippen LogP contribution is 2.24. The number of carbonyl (C=O) groups excluding carboxylic acids is 2. The van der Waals surface area contributed by atoms with Crippen LogP contribution in [0.15, 0.2) is 18.2 Å². The number of benzene rings is 1. The van der Waals surface area contributed by atoms with Crippen molar-refractivity contribution in [1.29, 1.82) is 0 Å². The van der Waals surface area contributed by atoms with Gasteiger partial charge in [-0.1, -0.05) is 18.5 Å². The summed E-state index contributed by atoms with van der Waals surface area (Å²) >= 11 is 5.94. The van der Waals surface area contributed by atoms with Crippen LogP contribution in [0.2, 0.25) is 5.02 Å². The van der Waals surface area contributed by atoms with Gasteiger partial charge in [-0.2, -0.15) is 0 Å². The zero-order valence-electron chi connectivity index (χ0n) is 12.5. The monoisotopic (exact) mass is 313 g/mol. The van der Waals surface area contributed by atoms with Gasteiger partial charge in [0.15, 0.2) is 0 Å². The zero-order chi connectivity index (χ0) is 15.8. The minimum atomic E-state index is -0.430. The van der Waals surface area contributed by atoms with E-state index in [0.29, 0.717) is 22.9 Å². The van der Waals surface area contributed by atoms with E-state index in [1.165, 1.54) is 18.1 Å². The molecule has 0 heterocycles. The molecule has 21 heavy (non-hydrogen) atoms. The van der Waals surface area contributed by atoms with Gasteiger partial charge in [0.1, 0.15) is 12.3 Å². The fraction of sp³-hybridized carbons (Fsp3) is 0.467. The molecule has 0 atom stereocenters.